The molecule has 2 aromatic carbocycles. The fourth-order valence-corrected chi connectivity index (χ4v) is 3.91. The highest BCUT2D eigenvalue weighted by molar-refractivity contribution is 6.74. The van der Waals surface area contributed by atoms with Crippen molar-refractivity contribution in [2.75, 3.05) is 6.61 Å². The first kappa shape index (κ1) is 20.6. The van der Waals surface area contributed by atoms with Crippen LogP contribution in [0.25, 0.3) is 0 Å². The van der Waals surface area contributed by atoms with E-state index in [9.17, 15) is 4.79 Å². The Kier molecular flexibility index (Phi) is 6.59. The fourth-order valence-electron chi connectivity index (χ4n) is 2.83. The van der Waals surface area contributed by atoms with Crippen LogP contribution in [0.15, 0.2) is 60.7 Å². The third-order valence-electron chi connectivity index (χ3n) is 5.57. The molecule has 0 atom stereocenters. The van der Waals surface area contributed by atoms with Gasteiger partial charge >= 0.3 is 0 Å². The smallest absolute Gasteiger partial charge is 0.192 e. The first-order chi connectivity index (χ1) is 12.2. The van der Waals surface area contributed by atoms with Crippen LogP contribution >= 0.6 is 0 Å². The largest absolute Gasteiger partial charge is 0.416 e. The molecule has 0 spiro atoms. The molecule has 0 aliphatic carbocycles. The maximum atomic E-state index is 12.3. The summed E-state index contributed by atoms with van der Waals surface area (Å²) in [5, 5.41) is 0.126. The van der Waals surface area contributed by atoms with Crippen LogP contribution in [0.5, 0.6) is 0 Å². The van der Waals surface area contributed by atoms with Crippen LogP contribution < -0.4 is 0 Å². The minimum Gasteiger partial charge on any atom is -0.416 e. The van der Waals surface area contributed by atoms with Crippen LogP contribution in [0.2, 0.25) is 18.1 Å². The van der Waals surface area contributed by atoms with Gasteiger partial charge < -0.3 is 9.22 Å². The van der Waals surface area contributed by atoms with Crippen molar-refractivity contribution in [2.45, 2.75) is 51.7 Å². The molecule has 2 aromatic rings. The summed E-state index contributed by atoms with van der Waals surface area (Å²) in [4.78, 5) is 12.3. The van der Waals surface area contributed by atoms with Gasteiger partial charge in [-0.2, -0.15) is 0 Å². The van der Waals surface area contributed by atoms with Gasteiger partial charge in [0.2, 0.25) is 0 Å². The van der Waals surface area contributed by atoms with E-state index in [1.54, 1.807) is 0 Å². The van der Waals surface area contributed by atoms with Crippen molar-refractivity contribution in [1.29, 1.82) is 0 Å². The summed E-state index contributed by atoms with van der Waals surface area (Å²) >= 11 is 0. The van der Waals surface area contributed by atoms with E-state index in [0.717, 1.165) is 6.29 Å². The topological polar surface area (TPSA) is 26.3 Å². The quantitative estimate of drug-likeness (QED) is 0.443. The zero-order valence-electron chi connectivity index (χ0n) is 16.8. The second-order valence-corrected chi connectivity index (χ2v) is 13.7. The lowest BCUT2D eigenvalue weighted by atomic mass is 9.78. The summed E-state index contributed by atoms with van der Waals surface area (Å²) in [6.45, 7) is 11.7. The molecule has 0 fully saturated rings. The minimum atomic E-state index is -1.92. The molecule has 0 aliphatic heterocycles. The van der Waals surface area contributed by atoms with Crippen molar-refractivity contribution in [1.82, 2.24) is 0 Å². The van der Waals surface area contributed by atoms with E-state index in [4.69, 9.17) is 4.43 Å². The molecule has 0 amide bonds. The first-order valence-electron chi connectivity index (χ1n) is 9.36. The van der Waals surface area contributed by atoms with Crippen LogP contribution in [0.4, 0.5) is 0 Å². The fraction of sp³-hybridized carbons (Fsp3) is 0.435. The van der Waals surface area contributed by atoms with Crippen LogP contribution in [0.3, 0.4) is 0 Å². The molecule has 26 heavy (non-hydrogen) atoms. The highest BCUT2D eigenvalue weighted by Gasteiger charge is 2.40. The normalized spacial score (nSPS) is 12.8. The van der Waals surface area contributed by atoms with Gasteiger partial charge in [0.25, 0.3) is 0 Å². The van der Waals surface area contributed by atoms with Gasteiger partial charge in [0.1, 0.15) is 6.29 Å². The molecule has 140 valence electrons. The molecule has 0 unspecified atom stereocenters. The van der Waals surface area contributed by atoms with Gasteiger partial charge in [-0.05, 0) is 42.1 Å². The first-order valence-corrected chi connectivity index (χ1v) is 12.3. The second kappa shape index (κ2) is 8.32. The lowest BCUT2D eigenvalue weighted by Crippen LogP contribution is -2.45. The Morgan fingerprint density at radius 1 is 0.846 bits per heavy atom. The maximum absolute atomic E-state index is 12.3. The predicted octanol–water partition coefficient (Wildman–Crippen LogP) is 5.68. The zero-order chi connectivity index (χ0) is 19.3. The van der Waals surface area contributed by atoms with Crippen LogP contribution in [0.1, 0.15) is 31.9 Å². The van der Waals surface area contributed by atoms with E-state index >= 15 is 0 Å². The monoisotopic (exact) mass is 368 g/mol. The number of carbonyl (C=O) groups excluding carboxylic acids is 1. The molecular weight excluding hydrogens is 336 g/mol. The SMILES string of the molecule is CC(C)(C)[Si](C)(C)OCC(C=O)(Cc1ccccc1)Cc1ccccc1. The lowest BCUT2D eigenvalue weighted by Gasteiger charge is -2.39. The number of aldehydes is 1. The predicted molar refractivity (Wildman–Crippen MR) is 112 cm³/mol. The molecule has 0 radical (unpaired) electrons. The average molecular weight is 369 g/mol. The van der Waals surface area contributed by atoms with Crippen molar-refractivity contribution < 1.29 is 9.22 Å². The Hall–Kier alpha value is -1.71. The maximum Gasteiger partial charge on any atom is 0.192 e. The van der Waals surface area contributed by atoms with E-state index in [0.29, 0.717) is 19.4 Å². The van der Waals surface area contributed by atoms with Crippen molar-refractivity contribution in [2.24, 2.45) is 5.41 Å². The van der Waals surface area contributed by atoms with Crippen molar-refractivity contribution in [3.63, 3.8) is 0 Å². The Balaban J connectivity index is 2.28. The van der Waals surface area contributed by atoms with Crippen LogP contribution in [0, 0.1) is 5.41 Å². The molecule has 0 saturated heterocycles. The van der Waals surface area contributed by atoms with E-state index < -0.39 is 13.7 Å². The summed E-state index contributed by atoms with van der Waals surface area (Å²) in [6, 6.07) is 20.5. The molecule has 0 bridgehead atoms. The summed E-state index contributed by atoms with van der Waals surface area (Å²) in [7, 11) is -1.92. The molecule has 0 aliphatic rings. The van der Waals surface area contributed by atoms with Gasteiger partial charge in [0.15, 0.2) is 8.32 Å². The summed E-state index contributed by atoms with van der Waals surface area (Å²) in [6.07, 6.45) is 2.52. The van der Waals surface area contributed by atoms with Gasteiger partial charge in [-0.1, -0.05) is 81.4 Å². The molecule has 2 rings (SSSR count). The third kappa shape index (κ3) is 5.39. The van der Waals surface area contributed by atoms with E-state index in [-0.39, 0.29) is 5.04 Å². The number of rotatable bonds is 8. The van der Waals surface area contributed by atoms with Crippen molar-refractivity contribution in [3.8, 4) is 0 Å². The van der Waals surface area contributed by atoms with Crippen LogP contribution in [-0.2, 0) is 22.1 Å². The molecule has 0 heterocycles. The number of hydrogen-bond donors (Lipinski definition) is 0. The second-order valence-electron chi connectivity index (χ2n) is 8.85. The minimum absolute atomic E-state index is 0.126. The Morgan fingerprint density at radius 2 is 1.27 bits per heavy atom. The summed E-state index contributed by atoms with van der Waals surface area (Å²) < 4.78 is 6.50. The highest BCUT2D eigenvalue weighted by Crippen LogP contribution is 2.38. The summed E-state index contributed by atoms with van der Waals surface area (Å²) in [5.74, 6) is 0. The van der Waals surface area contributed by atoms with Gasteiger partial charge in [-0.3, -0.25) is 0 Å². The Morgan fingerprint density at radius 3 is 1.62 bits per heavy atom. The average Bonchev–Trinajstić information content (AvgIpc) is 2.60. The van der Waals surface area contributed by atoms with E-state index in [2.05, 4.69) is 58.1 Å². The highest BCUT2D eigenvalue weighted by atomic mass is 28.4. The van der Waals surface area contributed by atoms with Crippen molar-refractivity contribution in [3.05, 3.63) is 71.8 Å². The Bertz CT molecular complexity index is 646. The molecule has 3 heteroatoms. The molecular formula is C23H32O2Si. The summed E-state index contributed by atoms with van der Waals surface area (Å²) in [5.41, 5.74) is 1.81. The number of benzene rings is 2. The number of carbonyl (C=O) groups is 1. The zero-order valence-corrected chi connectivity index (χ0v) is 17.8. The van der Waals surface area contributed by atoms with Crippen molar-refractivity contribution >= 4 is 14.6 Å². The molecule has 0 N–H and O–H groups in total. The molecule has 0 saturated carbocycles. The van der Waals surface area contributed by atoms with E-state index in [1.807, 2.05) is 36.4 Å². The Labute approximate surface area is 159 Å². The number of hydrogen-bond acceptors (Lipinski definition) is 2. The van der Waals surface area contributed by atoms with Gasteiger partial charge in [-0.25, -0.2) is 0 Å². The molecule has 2 nitrogen and oxygen atoms in total. The standard InChI is InChI=1S/C23H32O2Si/c1-22(2,3)26(4,5)25-19-23(18-24,16-20-12-8-6-9-13-20)17-21-14-10-7-11-15-21/h6-15,18H,16-17,19H2,1-5H3. The molecule has 0 aromatic heterocycles. The van der Waals surface area contributed by atoms with E-state index in [1.165, 1.54) is 11.1 Å². The van der Waals surface area contributed by atoms with Gasteiger partial charge in [0, 0.05) is 6.61 Å². The van der Waals surface area contributed by atoms with Crippen LogP contribution in [-0.4, -0.2) is 21.2 Å². The van der Waals surface area contributed by atoms with Gasteiger partial charge in [-0.15, -0.1) is 0 Å². The third-order valence-corrected chi connectivity index (χ3v) is 10.1. The van der Waals surface area contributed by atoms with Gasteiger partial charge in [0.05, 0.1) is 5.41 Å². The lowest BCUT2D eigenvalue weighted by molar-refractivity contribution is -0.118.